The van der Waals surface area contributed by atoms with E-state index in [0.717, 1.165) is 6.20 Å². The third kappa shape index (κ3) is 1.15. The van der Waals surface area contributed by atoms with E-state index in [1.807, 2.05) is 0 Å². The molecule has 0 aliphatic rings. The Balaban J connectivity index is 2.57. The lowest BCUT2D eigenvalue weighted by Gasteiger charge is -1.95. The minimum atomic E-state index is -1.09. The molecule has 7 nitrogen and oxygen atoms in total. The number of aromatic carboxylic acids is 1. The van der Waals surface area contributed by atoms with Gasteiger partial charge < -0.3 is 9.63 Å². The predicted molar refractivity (Wildman–Crippen MR) is 43.5 cm³/mol. The van der Waals surface area contributed by atoms with E-state index in [-0.39, 0.29) is 11.3 Å². The quantitative estimate of drug-likeness (QED) is 0.732. The average Bonchev–Trinajstić information content (AvgIpc) is 2.70. The third-order valence-corrected chi connectivity index (χ3v) is 1.75. The van der Waals surface area contributed by atoms with Crippen molar-refractivity contribution in [3.05, 3.63) is 18.0 Å². The number of aryl methyl sites for hydroxylation is 1. The minimum Gasteiger partial charge on any atom is -0.477 e. The second kappa shape index (κ2) is 2.95. The number of carboxylic acid groups (broad SMARTS) is 1. The number of aromatic nitrogens is 4. The van der Waals surface area contributed by atoms with Crippen molar-refractivity contribution < 1.29 is 14.4 Å². The summed E-state index contributed by atoms with van der Waals surface area (Å²) < 4.78 is 6.23. The highest BCUT2D eigenvalue weighted by atomic mass is 16.5. The predicted octanol–water partition coefficient (Wildman–Crippen LogP) is 0.168. The van der Waals surface area contributed by atoms with Gasteiger partial charge in [0.1, 0.15) is 11.3 Å². The zero-order chi connectivity index (χ0) is 10.1. The first kappa shape index (κ1) is 8.42. The first-order chi connectivity index (χ1) is 6.70. The third-order valence-electron chi connectivity index (χ3n) is 1.75. The van der Waals surface area contributed by atoms with Crippen LogP contribution < -0.4 is 0 Å². The molecule has 0 atom stereocenters. The van der Waals surface area contributed by atoms with Gasteiger partial charge in [0.05, 0.1) is 12.4 Å². The van der Waals surface area contributed by atoms with Crippen LogP contribution in [0.3, 0.4) is 0 Å². The molecule has 0 saturated carbocycles. The van der Waals surface area contributed by atoms with E-state index in [9.17, 15) is 4.79 Å². The molecule has 72 valence electrons. The molecule has 14 heavy (non-hydrogen) atoms. The molecule has 0 spiro atoms. The standard InChI is InChI=1S/C7H6N4O3/c1-11-5(3-8-10-11)6-4(7(12)13)2-9-14-6/h2-3H,1H3,(H,12,13). The molecule has 0 bridgehead atoms. The summed E-state index contributed by atoms with van der Waals surface area (Å²) in [5, 5.41) is 19.5. The van der Waals surface area contributed by atoms with Crippen LogP contribution in [0.2, 0.25) is 0 Å². The fourth-order valence-corrected chi connectivity index (χ4v) is 1.07. The molecule has 0 aliphatic heterocycles. The average molecular weight is 194 g/mol. The molecule has 2 heterocycles. The van der Waals surface area contributed by atoms with Crippen LogP contribution in [0.15, 0.2) is 16.9 Å². The Hall–Kier alpha value is -2.18. The molecular weight excluding hydrogens is 188 g/mol. The van der Waals surface area contributed by atoms with E-state index in [2.05, 4.69) is 15.5 Å². The van der Waals surface area contributed by atoms with Crippen molar-refractivity contribution in [2.75, 3.05) is 0 Å². The molecule has 0 aliphatic carbocycles. The molecule has 0 amide bonds. The maximum atomic E-state index is 10.7. The van der Waals surface area contributed by atoms with Gasteiger partial charge in [-0.3, -0.25) is 0 Å². The van der Waals surface area contributed by atoms with Gasteiger partial charge in [0.15, 0.2) is 0 Å². The summed E-state index contributed by atoms with van der Waals surface area (Å²) in [7, 11) is 1.64. The number of hydrogen-bond acceptors (Lipinski definition) is 5. The number of rotatable bonds is 2. The van der Waals surface area contributed by atoms with Gasteiger partial charge in [-0.15, -0.1) is 5.10 Å². The van der Waals surface area contributed by atoms with Gasteiger partial charge in [-0.05, 0) is 0 Å². The number of hydrogen-bond donors (Lipinski definition) is 1. The Morgan fingerprint density at radius 2 is 2.36 bits per heavy atom. The molecule has 0 unspecified atom stereocenters. The molecule has 0 fully saturated rings. The molecule has 0 aromatic carbocycles. The molecule has 2 aromatic heterocycles. The van der Waals surface area contributed by atoms with Crippen LogP contribution in [0.25, 0.3) is 11.5 Å². The summed E-state index contributed by atoms with van der Waals surface area (Å²) in [5.41, 5.74) is 0.468. The van der Waals surface area contributed by atoms with E-state index in [0.29, 0.717) is 5.69 Å². The summed E-state index contributed by atoms with van der Waals surface area (Å²) in [5.74, 6) is -0.938. The van der Waals surface area contributed by atoms with Crippen LogP contribution in [0.1, 0.15) is 10.4 Å². The van der Waals surface area contributed by atoms with Crippen molar-refractivity contribution in [1.29, 1.82) is 0 Å². The highest BCUT2D eigenvalue weighted by Crippen LogP contribution is 2.21. The summed E-state index contributed by atoms with van der Waals surface area (Å²) in [6.07, 6.45) is 2.55. The van der Waals surface area contributed by atoms with Crippen molar-refractivity contribution in [3.8, 4) is 11.5 Å². The maximum absolute atomic E-state index is 10.7. The van der Waals surface area contributed by atoms with E-state index in [4.69, 9.17) is 9.63 Å². The number of carbonyl (C=O) groups is 1. The Morgan fingerprint density at radius 1 is 1.57 bits per heavy atom. The van der Waals surface area contributed by atoms with Gasteiger partial charge in [0.25, 0.3) is 0 Å². The van der Waals surface area contributed by atoms with Crippen molar-refractivity contribution in [3.63, 3.8) is 0 Å². The highest BCUT2D eigenvalue weighted by molar-refractivity contribution is 5.93. The Morgan fingerprint density at radius 3 is 2.93 bits per heavy atom. The SMILES string of the molecule is Cn1nncc1-c1oncc1C(=O)O. The first-order valence-corrected chi connectivity index (χ1v) is 3.73. The van der Waals surface area contributed by atoms with Crippen LogP contribution in [0.4, 0.5) is 0 Å². The summed E-state index contributed by atoms with van der Waals surface area (Å²) in [4.78, 5) is 10.7. The molecule has 2 aromatic rings. The topological polar surface area (TPSA) is 94.0 Å². The van der Waals surface area contributed by atoms with Crippen LogP contribution in [0, 0.1) is 0 Å². The van der Waals surface area contributed by atoms with Gasteiger partial charge in [0, 0.05) is 7.05 Å². The van der Waals surface area contributed by atoms with E-state index in [1.54, 1.807) is 7.05 Å². The van der Waals surface area contributed by atoms with Crippen LogP contribution in [0.5, 0.6) is 0 Å². The second-order valence-corrected chi connectivity index (χ2v) is 2.62. The van der Waals surface area contributed by atoms with Crippen molar-refractivity contribution in [1.82, 2.24) is 20.2 Å². The molecule has 2 rings (SSSR count). The zero-order valence-corrected chi connectivity index (χ0v) is 7.21. The Kier molecular flexibility index (Phi) is 1.77. The van der Waals surface area contributed by atoms with Gasteiger partial charge in [-0.1, -0.05) is 10.4 Å². The zero-order valence-electron chi connectivity index (χ0n) is 7.21. The smallest absolute Gasteiger partial charge is 0.341 e. The molecule has 7 heteroatoms. The van der Waals surface area contributed by atoms with Gasteiger partial charge in [0.2, 0.25) is 5.76 Å². The number of carboxylic acids is 1. The van der Waals surface area contributed by atoms with Crippen molar-refractivity contribution >= 4 is 5.97 Å². The largest absolute Gasteiger partial charge is 0.477 e. The lowest BCUT2D eigenvalue weighted by molar-refractivity contribution is 0.0697. The van der Waals surface area contributed by atoms with E-state index in [1.165, 1.54) is 10.9 Å². The van der Waals surface area contributed by atoms with Crippen LogP contribution in [-0.2, 0) is 7.05 Å². The molecule has 1 N–H and O–H groups in total. The highest BCUT2D eigenvalue weighted by Gasteiger charge is 2.19. The molecular formula is C7H6N4O3. The lowest BCUT2D eigenvalue weighted by atomic mass is 10.2. The maximum Gasteiger partial charge on any atom is 0.341 e. The van der Waals surface area contributed by atoms with Crippen molar-refractivity contribution in [2.45, 2.75) is 0 Å². The Bertz CT molecular complexity index is 473. The molecule has 0 radical (unpaired) electrons. The fourth-order valence-electron chi connectivity index (χ4n) is 1.07. The van der Waals surface area contributed by atoms with Gasteiger partial charge in [-0.25, -0.2) is 9.48 Å². The van der Waals surface area contributed by atoms with E-state index < -0.39 is 5.97 Å². The minimum absolute atomic E-state index is 0.00426. The van der Waals surface area contributed by atoms with Gasteiger partial charge in [-0.2, -0.15) is 0 Å². The fraction of sp³-hybridized carbons (Fsp3) is 0.143. The first-order valence-electron chi connectivity index (χ1n) is 3.73. The number of nitrogens with zero attached hydrogens (tertiary/aromatic N) is 4. The summed E-state index contributed by atoms with van der Waals surface area (Å²) in [6, 6.07) is 0. The van der Waals surface area contributed by atoms with Crippen molar-refractivity contribution in [2.24, 2.45) is 7.05 Å². The van der Waals surface area contributed by atoms with Gasteiger partial charge >= 0.3 is 5.97 Å². The van der Waals surface area contributed by atoms with Crippen LogP contribution >= 0.6 is 0 Å². The Labute approximate surface area is 77.9 Å². The second-order valence-electron chi connectivity index (χ2n) is 2.62. The van der Waals surface area contributed by atoms with Crippen LogP contribution in [-0.4, -0.2) is 31.2 Å². The summed E-state index contributed by atoms with van der Waals surface area (Å²) in [6.45, 7) is 0. The monoisotopic (exact) mass is 194 g/mol. The van der Waals surface area contributed by atoms with E-state index >= 15 is 0 Å². The summed E-state index contributed by atoms with van der Waals surface area (Å²) >= 11 is 0. The molecule has 0 saturated heterocycles. The normalized spacial score (nSPS) is 10.4. The lowest BCUT2D eigenvalue weighted by Crippen LogP contribution is -1.99.